The van der Waals surface area contributed by atoms with Gasteiger partial charge in [0, 0.05) is 17.5 Å². The van der Waals surface area contributed by atoms with Crippen LogP contribution >= 0.6 is 27.3 Å². The van der Waals surface area contributed by atoms with E-state index in [2.05, 4.69) is 85.3 Å². The Kier molecular flexibility index (Phi) is 5.05. The molecule has 20 heavy (non-hydrogen) atoms. The molecular weight excluding hydrogens is 330 g/mol. The van der Waals surface area contributed by atoms with Crippen LogP contribution in [0.3, 0.4) is 0 Å². The van der Waals surface area contributed by atoms with E-state index < -0.39 is 0 Å². The van der Waals surface area contributed by atoms with E-state index in [1.807, 2.05) is 0 Å². The fourth-order valence-corrected chi connectivity index (χ4v) is 3.52. The summed E-state index contributed by atoms with van der Waals surface area (Å²) in [7, 11) is 0. The van der Waals surface area contributed by atoms with Crippen molar-refractivity contribution in [3.05, 3.63) is 56.2 Å². The van der Waals surface area contributed by atoms with Gasteiger partial charge in [-0.2, -0.15) is 0 Å². The molecule has 0 aliphatic heterocycles. The smallest absolute Gasteiger partial charge is 0.0701 e. The van der Waals surface area contributed by atoms with Crippen molar-refractivity contribution < 1.29 is 0 Å². The second kappa shape index (κ2) is 6.42. The molecule has 1 heterocycles. The van der Waals surface area contributed by atoms with Gasteiger partial charge in [-0.1, -0.05) is 45.0 Å². The molecule has 1 unspecified atom stereocenters. The highest BCUT2D eigenvalue weighted by Gasteiger charge is 2.14. The zero-order chi connectivity index (χ0) is 14.8. The molecule has 0 spiro atoms. The largest absolute Gasteiger partial charge is 0.305 e. The minimum atomic E-state index is 0.221. The minimum absolute atomic E-state index is 0.221. The lowest BCUT2D eigenvalue weighted by Gasteiger charge is -2.20. The average molecular weight is 352 g/mol. The van der Waals surface area contributed by atoms with Crippen LogP contribution in [-0.2, 0) is 12.0 Å². The molecule has 0 radical (unpaired) electrons. The van der Waals surface area contributed by atoms with Gasteiger partial charge >= 0.3 is 0 Å². The van der Waals surface area contributed by atoms with E-state index in [-0.39, 0.29) is 5.41 Å². The first kappa shape index (κ1) is 15.7. The molecule has 0 fully saturated rings. The molecule has 1 nitrogen and oxygen atoms in total. The molecule has 3 heteroatoms. The zero-order valence-corrected chi connectivity index (χ0v) is 14.9. The van der Waals surface area contributed by atoms with Gasteiger partial charge in [0.2, 0.25) is 0 Å². The predicted octanol–water partition coefficient (Wildman–Crippen LogP) is 5.66. The molecular formula is C17H22BrNS. The van der Waals surface area contributed by atoms with Gasteiger partial charge in [-0.3, -0.25) is 0 Å². The number of halogens is 1. The molecule has 0 aliphatic rings. The molecule has 1 aromatic heterocycles. The molecule has 0 saturated heterocycles. The maximum atomic E-state index is 3.58. The second-order valence-corrected chi connectivity index (χ2v) is 8.73. The molecule has 0 bridgehead atoms. The van der Waals surface area contributed by atoms with Gasteiger partial charge in [0.05, 0.1) is 3.79 Å². The second-order valence-electron chi connectivity index (χ2n) is 6.18. The Balaban J connectivity index is 1.97. The molecule has 2 aromatic rings. The molecule has 0 amide bonds. The van der Waals surface area contributed by atoms with E-state index in [1.165, 1.54) is 19.8 Å². The fourth-order valence-electron chi connectivity index (χ4n) is 2.09. The summed E-state index contributed by atoms with van der Waals surface area (Å²) in [6.07, 6.45) is 0. The van der Waals surface area contributed by atoms with Gasteiger partial charge in [0.15, 0.2) is 0 Å². The van der Waals surface area contributed by atoms with Gasteiger partial charge < -0.3 is 5.32 Å². The number of nitrogens with one attached hydrogen (secondary N) is 1. The predicted molar refractivity (Wildman–Crippen MR) is 92.4 cm³/mol. The Labute approximate surface area is 134 Å². The summed E-state index contributed by atoms with van der Waals surface area (Å²) < 4.78 is 1.19. The summed E-state index contributed by atoms with van der Waals surface area (Å²) in [5.74, 6) is 0. The van der Waals surface area contributed by atoms with Crippen LogP contribution in [0.2, 0.25) is 0 Å². The molecule has 108 valence electrons. The van der Waals surface area contributed by atoms with E-state index in [0.29, 0.717) is 6.04 Å². The maximum Gasteiger partial charge on any atom is 0.0701 e. The van der Waals surface area contributed by atoms with Gasteiger partial charge in [-0.25, -0.2) is 0 Å². The summed E-state index contributed by atoms with van der Waals surface area (Å²) in [6, 6.07) is 13.6. The van der Waals surface area contributed by atoms with E-state index in [1.54, 1.807) is 11.3 Å². The molecule has 0 saturated carbocycles. The monoisotopic (exact) mass is 351 g/mol. The third kappa shape index (κ3) is 4.18. The van der Waals surface area contributed by atoms with Crippen molar-refractivity contribution in [2.45, 2.75) is 45.7 Å². The highest BCUT2D eigenvalue weighted by molar-refractivity contribution is 9.11. The van der Waals surface area contributed by atoms with Crippen LogP contribution in [0.25, 0.3) is 0 Å². The SMILES string of the molecule is CC(NCc1ccc(Br)s1)c1ccc(C(C)(C)C)cc1. The first-order valence-corrected chi connectivity index (χ1v) is 8.55. The van der Waals surface area contributed by atoms with Crippen LogP contribution in [0.15, 0.2) is 40.2 Å². The molecule has 1 aromatic carbocycles. The van der Waals surface area contributed by atoms with Crippen LogP contribution in [0.5, 0.6) is 0 Å². The standard InChI is InChI=1S/C17H22BrNS/c1-12(19-11-15-9-10-16(18)20-15)13-5-7-14(8-6-13)17(2,3)4/h5-10,12,19H,11H2,1-4H3. The number of hydrogen-bond donors (Lipinski definition) is 1. The first-order valence-electron chi connectivity index (χ1n) is 6.94. The van der Waals surface area contributed by atoms with E-state index >= 15 is 0 Å². The summed E-state index contributed by atoms with van der Waals surface area (Å²) in [6.45, 7) is 9.88. The van der Waals surface area contributed by atoms with Crippen molar-refractivity contribution >= 4 is 27.3 Å². The van der Waals surface area contributed by atoms with Crippen LogP contribution in [0.4, 0.5) is 0 Å². The summed E-state index contributed by atoms with van der Waals surface area (Å²) in [5.41, 5.74) is 2.95. The van der Waals surface area contributed by atoms with Gasteiger partial charge in [0.1, 0.15) is 0 Å². The van der Waals surface area contributed by atoms with E-state index in [4.69, 9.17) is 0 Å². The van der Waals surface area contributed by atoms with Crippen LogP contribution in [0, 0.1) is 0 Å². The van der Waals surface area contributed by atoms with Crippen molar-refractivity contribution in [1.29, 1.82) is 0 Å². The van der Waals surface area contributed by atoms with Crippen LogP contribution in [-0.4, -0.2) is 0 Å². The first-order chi connectivity index (χ1) is 9.36. The molecule has 2 rings (SSSR count). The van der Waals surface area contributed by atoms with E-state index in [9.17, 15) is 0 Å². The lowest BCUT2D eigenvalue weighted by Crippen LogP contribution is -2.18. The summed E-state index contributed by atoms with van der Waals surface area (Å²) in [5, 5.41) is 3.58. The Hall–Kier alpha value is -0.640. The van der Waals surface area contributed by atoms with E-state index in [0.717, 1.165) is 6.54 Å². The lowest BCUT2D eigenvalue weighted by molar-refractivity contribution is 0.572. The van der Waals surface area contributed by atoms with Gasteiger partial charge in [-0.15, -0.1) is 11.3 Å². The normalized spacial score (nSPS) is 13.4. The third-order valence-electron chi connectivity index (χ3n) is 3.49. The van der Waals surface area contributed by atoms with Crippen molar-refractivity contribution in [3.8, 4) is 0 Å². The Morgan fingerprint density at radius 3 is 2.25 bits per heavy atom. The minimum Gasteiger partial charge on any atom is -0.305 e. The maximum absolute atomic E-state index is 3.58. The van der Waals surface area contributed by atoms with Crippen LogP contribution < -0.4 is 5.32 Å². The van der Waals surface area contributed by atoms with Gasteiger partial charge in [0.25, 0.3) is 0 Å². The number of rotatable bonds is 4. The Morgan fingerprint density at radius 1 is 1.10 bits per heavy atom. The molecule has 0 aliphatic carbocycles. The molecule has 1 N–H and O–H groups in total. The number of benzene rings is 1. The third-order valence-corrected chi connectivity index (χ3v) is 5.11. The molecule has 1 atom stereocenters. The quantitative estimate of drug-likeness (QED) is 0.749. The van der Waals surface area contributed by atoms with Crippen molar-refractivity contribution in [2.24, 2.45) is 0 Å². The van der Waals surface area contributed by atoms with Crippen molar-refractivity contribution in [3.63, 3.8) is 0 Å². The van der Waals surface area contributed by atoms with Crippen molar-refractivity contribution in [2.75, 3.05) is 0 Å². The number of thiophene rings is 1. The van der Waals surface area contributed by atoms with Gasteiger partial charge in [-0.05, 0) is 51.5 Å². The highest BCUT2D eigenvalue weighted by Crippen LogP contribution is 2.25. The Morgan fingerprint density at radius 2 is 1.75 bits per heavy atom. The lowest BCUT2D eigenvalue weighted by atomic mass is 9.86. The summed E-state index contributed by atoms with van der Waals surface area (Å²) >= 11 is 5.29. The fraction of sp³-hybridized carbons (Fsp3) is 0.412. The Bertz CT molecular complexity index is 551. The number of hydrogen-bond acceptors (Lipinski definition) is 2. The van der Waals surface area contributed by atoms with Crippen LogP contribution in [0.1, 0.15) is 49.7 Å². The topological polar surface area (TPSA) is 12.0 Å². The van der Waals surface area contributed by atoms with Crippen molar-refractivity contribution in [1.82, 2.24) is 5.32 Å². The highest BCUT2D eigenvalue weighted by atomic mass is 79.9. The zero-order valence-electron chi connectivity index (χ0n) is 12.5. The average Bonchev–Trinajstić information content (AvgIpc) is 2.81. The summed E-state index contributed by atoms with van der Waals surface area (Å²) in [4.78, 5) is 1.36.